The van der Waals surface area contributed by atoms with Crippen molar-refractivity contribution < 1.29 is 19.4 Å². The van der Waals surface area contributed by atoms with Crippen LogP contribution in [-0.4, -0.2) is 30.1 Å². The normalized spacial score (nSPS) is 11.4. The molecule has 5 heteroatoms. The number of ether oxygens (including phenoxy) is 1. The van der Waals surface area contributed by atoms with Gasteiger partial charge in [-0.2, -0.15) is 0 Å². The molecular formula is C15H19NO4. The van der Waals surface area contributed by atoms with Crippen LogP contribution in [-0.2, 0) is 4.79 Å². The number of nitrogens with one attached hydrogen (secondary N) is 1. The molecule has 20 heavy (non-hydrogen) atoms. The van der Waals surface area contributed by atoms with Crippen LogP contribution >= 0.6 is 0 Å². The Morgan fingerprint density at radius 1 is 1.40 bits per heavy atom. The molecule has 0 spiro atoms. The molecule has 0 fully saturated rings. The average Bonchev–Trinajstić information content (AvgIpc) is 2.45. The van der Waals surface area contributed by atoms with Gasteiger partial charge < -0.3 is 15.2 Å². The fraction of sp³-hybridized carbons (Fsp3) is 0.333. The van der Waals surface area contributed by atoms with Crippen molar-refractivity contribution in [3.63, 3.8) is 0 Å². The zero-order valence-electron chi connectivity index (χ0n) is 11.5. The number of carboxylic acid groups (broad SMARTS) is 1. The van der Waals surface area contributed by atoms with Gasteiger partial charge >= 0.3 is 5.97 Å². The highest BCUT2D eigenvalue weighted by Gasteiger charge is 2.16. The lowest BCUT2D eigenvalue weighted by atomic mass is 10.1. The van der Waals surface area contributed by atoms with Crippen molar-refractivity contribution in [3.05, 3.63) is 42.5 Å². The second-order valence-electron chi connectivity index (χ2n) is 4.28. The largest absolute Gasteiger partial charge is 0.490 e. The number of hydrogen-bond donors (Lipinski definition) is 2. The molecule has 1 unspecified atom stereocenters. The van der Waals surface area contributed by atoms with Gasteiger partial charge in [-0.3, -0.25) is 9.59 Å². The van der Waals surface area contributed by atoms with Crippen molar-refractivity contribution in [3.8, 4) is 5.75 Å². The lowest BCUT2D eigenvalue weighted by molar-refractivity contribution is -0.141. The van der Waals surface area contributed by atoms with Crippen LogP contribution in [0.25, 0.3) is 0 Å². The Balaban J connectivity index is 2.55. The highest BCUT2D eigenvalue weighted by Crippen LogP contribution is 2.12. The Morgan fingerprint density at radius 2 is 2.05 bits per heavy atom. The number of carbonyl (C=O) groups excluding carboxylic acids is 1. The predicted molar refractivity (Wildman–Crippen MR) is 75.9 cm³/mol. The highest BCUT2D eigenvalue weighted by atomic mass is 16.5. The first kappa shape index (κ1) is 15.8. The van der Waals surface area contributed by atoms with E-state index in [1.54, 1.807) is 37.3 Å². The monoisotopic (exact) mass is 277 g/mol. The average molecular weight is 277 g/mol. The summed E-state index contributed by atoms with van der Waals surface area (Å²) in [5, 5.41) is 11.5. The van der Waals surface area contributed by atoms with Crippen LogP contribution in [0.4, 0.5) is 0 Å². The molecule has 0 aliphatic rings. The summed E-state index contributed by atoms with van der Waals surface area (Å²) in [4.78, 5) is 22.7. The van der Waals surface area contributed by atoms with Gasteiger partial charge in [0.2, 0.25) is 0 Å². The van der Waals surface area contributed by atoms with Gasteiger partial charge in [-0.15, -0.1) is 0 Å². The van der Waals surface area contributed by atoms with Gasteiger partial charge in [0.1, 0.15) is 12.4 Å². The summed E-state index contributed by atoms with van der Waals surface area (Å²) in [6, 6.07) is 6.64. The second-order valence-corrected chi connectivity index (χ2v) is 4.28. The van der Waals surface area contributed by atoms with Gasteiger partial charge in [-0.1, -0.05) is 19.6 Å². The van der Waals surface area contributed by atoms with Crippen molar-refractivity contribution in [2.75, 3.05) is 13.2 Å². The number of carboxylic acids is 1. The summed E-state index contributed by atoms with van der Waals surface area (Å²) in [6.45, 7) is 5.85. The summed E-state index contributed by atoms with van der Waals surface area (Å²) in [5.41, 5.74) is 0.469. The maximum atomic E-state index is 11.9. The van der Waals surface area contributed by atoms with E-state index in [0.29, 0.717) is 24.3 Å². The fourth-order valence-corrected chi connectivity index (χ4v) is 1.58. The predicted octanol–water partition coefficient (Wildman–Crippen LogP) is 2.09. The van der Waals surface area contributed by atoms with E-state index < -0.39 is 11.9 Å². The Morgan fingerprint density at radius 3 is 2.55 bits per heavy atom. The van der Waals surface area contributed by atoms with E-state index >= 15 is 0 Å². The van der Waals surface area contributed by atoms with Crippen molar-refractivity contribution in [1.29, 1.82) is 0 Å². The first-order valence-electron chi connectivity index (χ1n) is 6.43. The van der Waals surface area contributed by atoms with E-state index in [1.807, 2.05) is 0 Å². The molecule has 1 atom stereocenters. The number of amides is 1. The van der Waals surface area contributed by atoms with Gasteiger partial charge in [0.15, 0.2) is 0 Å². The smallest absolute Gasteiger partial charge is 0.308 e. The molecule has 1 amide bonds. The van der Waals surface area contributed by atoms with E-state index in [2.05, 4.69) is 11.9 Å². The molecule has 2 N–H and O–H groups in total. The minimum absolute atomic E-state index is 0.124. The van der Waals surface area contributed by atoms with Crippen molar-refractivity contribution in [2.24, 2.45) is 5.92 Å². The summed E-state index contributed by atoms with van der Waals surface area (Å²) >= 11 is 0. The van der Waals surface area contributed by atoms with Crippen molar-refractivity contribution in [2.45, 2.75) is 13.3 Å². The molecule has 0 bridgehead atoms. The third-order valence-electron chi connectivity index (χ3n) is 2.84. The summed E-state index contributed by atoms with van der Waals surface area (Å²) < 4.78 is 5.31. The fourth-order valence-electron chi connectivity index (χ4n) is 1.58. The zero-order valence-corrected chi connectivity index (χ0v) is 11.5. The van der Waals surface area contributed by atoms with Gasteiger partial charge in [0.25, 0.3) is 5.91 Å². The number of hydrogen-bond acceptors (Lipinski definition) is 3. The number of carbonyl (C=O) groups is 2. The first-order valence-corrected chi connectivity index (χ1v) is 6.43. The molecule has 108 valence electrons. The molecule has 1 aromatic rings. The van der Waals surface area contributed by atoms with Gasteiger partial charge in [0, 0.05) is 12.1 Å². The second kappa shape index (κ2) is 7.99. The van der Waals surface area contributed by atoms with Gasteiger partial charge in [-0.25, -0.2) is 0 Å². The summed E-state index contributed by atoms with van der Waals surface area (Å²) in [7, 11) is 0. The molecule has 0 heterocycles. The molecule has 0 saturated carbocycles. The Labute approximate surface area is 118 Å². The zero-order chi connectivity index (χ0) is 15.0. The van der Waals surface area contributed by atoms with Gasteiger partial charge in [0.05, 0.1) is 5.92 Å². The van der Waals surface area contributed by atoms with E-state index in [0.717, 1.165) is 0 Å². The minimum atomic E-state index is -0.902. The number of rotatable bonds is 8. The summed E-state index contributed by atoms with van der Waals surface area (Å²) in [6.07, 6.45) is 2.11. The maximum Gasteiger partial charge on any atom is 0.308 e. The third kappa shape index (κ3) is 4.76. The van der Waals surface area contributed by atoms with E-state index in [9.17, 15) is 9.59 Å². The molecule has 0 aliphatic carbocycles. The Hall–Kier alpha value is -2.30. The molecule has 1 rings (SSSR count). The number of aliphatic carboxylic acids is 1. The molecule has 0 aromatic heterocycles. The molecule has 1 aromatic carbocycles. The third-order valence-corrected chi connectivity index (χ3v) is 2.84. The molecule has 5 nitrogen and oxygen atoms in total. The Kier molecular flexibility index (Phi) is 6.29. The van der Waals surface area contributed by atoms with Crippen LogP contribution in [0.5, 0.6) is 5.75 Å². The van der Waals surface area contributed by atoms with Crippen LogP contribution in [0.1, 0.15) is 23.7 Å². The molecule has 0 saturated heterocycles. The van der Waals surface area contributed by atoms with Crippen molar-refractivity contribution in [1.82, 2.24) is 5.32 Å². The van der Waals surface area contributed by atoms with Crippen LogP contribution in [0, 0.1) is 5.92 Å². The van der Waals surface area contributed by atoms with E-state index in [1.165, 1.54) is 0 Å². The molecule has 0 aliphatic heterocycles. The molecular weight excluding hydrogens is 258 g/mol. The highest BCUT2D eigenvalue weighted by molar-refractivity contribution is 5.94. The van der Waals surface area contributed by atoms with Crippen LogP contribution < -0.4 is 10.1 Å². The van der Waals surface area contributed by atoms with Gasteiger partial charge in [-0.05, 0) is 30.7 Å². The standard InChI is InChI=1S/C15H19NO4/c1-3-9-20-13-7-5-12(6-8-13)14(17)16-10-11(4-2)15(18)19/h3,5-8,11H,1,4,9-10H2,2H3,(H,16,17)(H,18,19). The summed E-state index contributed by atoms with van der Waals surface area (Å²) in [5.74, 6) is -1.10. The first-order chi connectivity index (χ1) is 9.58. The lowest BCUT2D eigenvalue weighted by Crippen LogP contribution is -2.32. The number of benzene rings is 1. The topological polar surface area (TPSA) is 75.6 Å². The van der Waals surface area contributed by atoms with Crippen LogP contribution in [0.2, 0.25) is 0 Å². The van der Waals surface area contributed by atoms with E-state index in [4.69, 9.17) is 9.84 Å². The molecule has 0 radical (unpaired) electrons. The van der Waals surface area contributed by atoms with Crippen LogP contribution in [0.15, 0.2) is 36.9 Å². The quantitative estimate of drug-likeness (QED) is 0.713. The lowest BCUT2D eigenvalue weighted by Gasteiger charge is -2.11. The maximum absolute atomic E-state index is 11.9. The van der Waals surface area contributed by atoms with Crippen LogP contribution in [0.3, 0.4) is 0 Å². The Bertz CT molecular complexity index is 467. The SMILES string of the molecule is C=CCOc1ccc(C(=O)NCC(CC)C(=O)O)cc1. The minimum Gasteiger partial charge on any atom is -0.490 e. The van der Waals surface area contributed by atoms with E-state index in [-0.39, 0.29) is 12.5 Å². The van der Waals surface area contributed by atoms with Crippen molar-refractivity contribution >= 4 is 11.9 Å².